The van der Waals surface area contributed by atoms with Gasteiger partial charge in [-0.1, -0.05) is 6.92 Å². The topological polar surface area (TPSA) is 50.1 Å². The maximum atomic E-state index is 11.5. The molecule has 1 fully saturated rings. The normalized spacial score (nSPS) is 32.1. The minimum absolute atomic E-state index is 0.131. The monoisotopic (exact) mass is 181 g/mol. The fourth-order valence-corrected chi connectivity index (χ4v) is 1.76. The van der Waals surface area contributed by atoms with Crippen molar-refractivity contribution in [2.45, 2.75) is 39.7 Å². The van der Waals surface area contributed by atoms with Crippen molar-refractivity contribution < 1.29 is 9.53 Å². The number of ether oxygens (including phenoxy) is 1. The molecule has 1 saturated carbocycles. The van der Waals surface area contributed by atoms with Crippen LogP contribution in [0.4, 0.5) is 0 Å². The molecule has 0 radical (unpaired) electrons. The van der Waals surface area contributed by atoms with Gasteiger partial charge < -0.3 is 4.74 Å². The summed E-state index contributed by atoms with van der Waals surface area (Å²) in [6, 6.07) is 2.08. The van der Waals surface area contributed by atoms with Crippen molar-refractivity contribution in [3.63, 3.8) is 0 Å². The number of carbonyl (C=O) groups is 1. The molecule has 0 N–H and O–H groups in total. The van der Waals surface area contributed by atoms with Crippen LogP contribution in [0.25, 0.3) is 0 Å². The molecule has 0 aromatic heterocycles. The summed E-state index contributed by atoms with van der Waals surface area (Å²) in [7, 11) is 0. The van der Waals surface area contributed by atoms with E-state index in [0.29, 0.717) is 18.8 Å². The summed E-state index contributed by atoms with van der Waals surface area (Å²) < 4.78 is 5.04. The van der Waals surface area contributed by atoms with E-state index in [1.807, 2.05) is 6.92 Å². The Labute approximate surface area is 78.7 Å². The predicted molar refractivity (Wildman–Crippen MR) is 47.7 cm³/mol. The number of nitrogens with zero attached hydrogens (tertiary/aromatic N) is 1. The summed E-state index contributed by atoms with van der Waals surface area (Å²) in [6.45, 7) is 5.63. The molecule has 1 aliphatic rings. The van der Waals surface area contributed by atoms with Crippen LogP contribution >= 0.6 is 0 Å². The maximum absolute atomic E-state index is 11.5. The highest BCUT2D eigenvalue weighted by molar-refractivity contribution is 5.81. The lowest BCUT2D eigenvalue weighted by molar-refractivity contribution is -0.163. The molecule has 1 rings (SSSR count). The standard InChI is InChI=1S/C10H15NO2/c1-7(2)13-9(12)10(6-11)4-8(3)5-10/h7-8H,4-5H2,1-3H3. The molecular formula is C10H15NO2. The van der Waals surface area contributed by atoms with Crippen molar-refractivity contribution >= 4 is 5.97 Å². The van der Waals surface area contributed by atoms with Crippen LogP contribution in [0.3, 0.4) is 0 Å². The van der Waals surface area contributed by atoms with Crippen LogP contribution < -0.4 is 0 Å². The predicted octanol–water partition coefficient (Wildman–Crippen LogP) is 1.88. The Hall–Kier alpha value is -1.04. The van der Waals surface area contributed by atoms with E-state index in [1.54, 1.807) is 13.8 Å². The zero-order valence-corrected chi connectivity index (χ0v) is 8.33. The maximum Gasteiger partial charge on any atom is 0.326 e. The van der Waals surface area contributed by atoms with Gasteiger partial charge >= 0.3 is 5.97 Å². The Kier molecular flexibility index (Phi) is 2.60. The molecule has 0 bridgehead atoms. The van der Waals surface area contributed by atoms with Gasteiger partial charge in [0, 0.05) is 0 Å². The number of rotatable bonds is 2. The Morgan fingerprint density at radius 2 is 2.15 bits per heavy atom. The molecule has 0 amide bonds. The van der Waals surface area contributed by atoms with Crippen molar-refractivity contribution in [2.24, 2.45) is 11.3 Å². The summed E-state index contributed by atoms with van der Waals surface area (Å²) in [5, 5.41) is 8.89. The van der Waals surface area contributed by atoms with Gasteiger partial charge in [-0.15, -0.1) is 0 Å². The summed E-state index contributed by atoms with van der Waals surface area (Å²) >= 11 is 0. The second kappa shape index (κ2) is 3.37. The fourth-order valence-electron chi connectivity index (χ4n) is 1.76. The van der Waals surface area contributed by atoms with Crippen LogP contribution in [0.15, 0.2) is 0 Å². The van der Waals surface area contributed by atoms with Gasteiger partial charge in [-0.3, -0.25) is 4.79 Å². The van der Waals surface area contributed by atoms with Gasteiger partial charge in [0.2, 0.25) is 0 Å². The smallest absolute Gasteiger partial charge is 0.326 e. The molecule has 0 aromatic carbocycles. The molecule has 3 nitrogen and oxygen atoms in total. The SMILES string of the molecule is CC1CC(C#N)(C(=O)OC(C)C)C1. The number of hydrogen-bond donors (Lipinski definition) is 0. The summed E-state index contributed by atoms with van der Waals surface area (Å²) in [6.07, 6.45) is 1.16. The first kappa shape index (κ1) is 10.0. The zero-order chi connectivity index (χ0) is 10.1. The summed E-state index contributed by atoms with van der Waals surface area (Å²) in [4.78, 5) is 11.5. The largest absolute Gasteiger partial charge is 0.462 e. The average Bonchev–Trinajstić information content (AvgIpc) is 1.96. The quantitative estimate of drug-likeness (QED) is 0.611. The third kappa shape index (κ3) is 1.82. The minimum Gasteiger partial charge on any atom is -0.462 e. The fraction of sp³-hybridized carbons (Fsp3) is 0.800. The van der Waals surface area contributed by atoms with Crippen molar-refractivity contribution in [3.05, 3.63) is 0 Å². The average molecular weight is 181 g/mol. The molecule has 0 unspecified atom stereocenters. The van der Waals surface area contributed by atoms with Crippen LogP contribution in [0.5, 0.6) is 0 Å². The van der Waals surface area contributed by atoms with Gasteiger partial charge in [0.1, 0.15) is 0 Å². The van der Waals surface area contributed by atoms with E-state index in [9.17, 15) is 4.79 Å². The second-order valence-electron chi connectivity index (χ2n) is 4.16. The van der Waals surface area contributed by atoms with Crippen molar-refractivity contribution in [2.75, 3.05) is 0 Å². The van der Waals surface area contributed by atoms with Crippen LogP contribution in [-0.4, -0.2) is 12.1 Å². The molecule has 3 heteroatoms. The first-order chi connectivity index (χ1) is 6.00. The molecule has 0 spiro atoms. The van der Waals surface area contributed by atoms with E-state index in [0.717, 1.165) is 0 Å². The lowest BCUT2D eigenvalue weighted by atomic mass is 9.63. The third-order valence-corrected chi connectivity index (χ3v) is 2.34. The van der Waals surface area contributed by atoms with Gasteiger partial charge in [-0.05, 0) is 32.6 Å². The van der Waals surface area contributed by atoms with Gasteiger partial charge in [0.05, 0.1) is 12.2 Å². The van der Waals surface area contributed by atoms with E-state index >= 15 is 0 Å². The first-order valence-corrected chi connectivity index (χ1v) is 4.62. The molecule has 72 valence electrons. The van der Waals surface area contributed by atoms with E-state index in [4.69, 9.17) is 10.00 Å². The Morgan fingerprint density at radius 1 is 1.62 bits per heavy atom. The molecule has 0 saturated heterocycles. The lowest BCUT2D eigenvalue weighted by Gasteiger charge is -2.38. The molecule has 1 aliphatic carbocycles. The molecular weight excluding hydrogens is 166 g/mol. The first-order valence-electron chi connectivity index (χ1n) is 4.62. The Bertz CT molecular complexity index is 246. The van der Waals surface area contributed by atoms with E-state index in [1.165, 1.54) is 0 Å². The van der Waals surface area contributed by atoms with Gasteiger partial charge in [-0.25, -0.2) is 0 Å². The third-order valence-electron chi connectivity index (χ3n) is 2.34. The van der Waals surface area contributed by atoms with Crippen LogP contribution in [0.2, 0.25) is 0 Å². The Morgan fingerprint density at radius 3 is 2.46 bits per heavy atom. The van der Waals surface area contributed by atoms with E-state index < -0.39 is 5.41 Å². The molecule has 13 heavy (non-hydrogen) atoms. The van der Waals surface area contributed by atoms with E-state index in [-0.39, 0.29) is 12.1 Å². The number of hydrogen-bond acceptors (Lipinski definition) is 3. The van der Waals surface area contributed by atoms with Gasteiger partial charge in [0.15, 0.2) is 5.41 Å². The minimum atomic E-state index is -0.830. The van der Waals surface area contributed by atoms with Crippen molar-refractivity contribution in [1.29, 1.82) is 5.26 Å². The number of esters is 1. The lowest BCUT2D eigenvalue weighted by Crippen LogP contribution is -2.43. The molecule has 0 heterocycles. The summed E-state index contributed by atoms with van der Waals surface area (Å²) in [5.74, 6) is 0.127. The summed E-state index contributed by atoms with van der Waals surface area (Å²) in [5.41, 5.74) is -0.830. The zero-order valence-electron chi connectivity index (χ0n) is 8.33. The highest BCUT2D eigenvalue weighted by atomic mass is 16.5. The second-order valence-corrected chi connectivity index (χ2v) is 4.16. The van der Waals surface area contributed by atoms with Crippen LogP contribution in [0, 0.1) is 22.7 Å². The molecule has 0 aromatic rings. The number of nitriles is 1. The highest BCUT2D eigenvalue weighted by Crippen LogP contribution is 2.45. The van der Waals surface area contributed by atoms with Gasteiger partial charge in [-0.2, -0.15) is 5.26 Å². The van der Waals surface area contributed by atoms with Crippen molar-refractivity contribution in [1.82, 2.24) is 0 Å². The van der Waals surface area contributed by atoms with Crippen LogP contribution in [0.1, 0.15) is 33.6 Å². The highest BCUT2D eigenvalue weighted by Gasteiger charge is 2.50. The van der Waals surface area contributed by atoms with Gasteiger partial charge in [0.25, 0.3) is 0 Å². The van der Waals surface area contributed by atoms with E-state index in [2.05, 4.69) is 6.07 Å². The van der Waals surface area contributed by atoms with Crippen LogP contribution in [-0.2, 0) is 9.53 Å². The van der Waals surface area contributed by atoms with Crippen molar-refractivity contribution in [3.8, 4) is 6.07 Å². The number of carbonyl (C=O) groups excluding carboxylic acids is 1. The Balaban J connectivity index is 2.59. The molecule has 0 aliphatic heterocycles. The molecule has 0 atom stereocenters.